The molecule has 12 aromatic rings. The Morgan fingerprint density at radius 3 is 0.980 bits per heavy atom. The van der Waals surface area contributed by atoms with E-state index in [0.29, 0.717) is 0 Å². The molecule has 4 aromatic carbocycles. The lowest BCUT2D eigenvalue weighted by Crippen LogP contribution is -2.34. The number of benzene rings is 4. The summed E-state index contributed by atoms with van der Waals surface area (Å²) in [6, 6.07) is 54.0. The van der Waals surface area contributed by atoms with Crippen molar-refractivity contribution in [1.29, 1.82) is 0 Å². The molecule has 4 aliphatic carbocycles. The molecule has 0 atom stereocenters. The predicted molar refractivity (Wildman–Crippen MR) is 415 cm³/mol. The third kappa shape index (κ3) is 11.9. The highest BCUT2D eigenvalue weighted by molar-refractivity contribution is 5.87. The molecule has 0 unspecified atom stereocenters. The minimum Gasteiger partial charge on any atom is -0.257 e. The Kier molecular flexibility index (Phi) is 17.4. The fourth-order valence-corrected chi connectivity index (χ4v) is 16.5. The minimum absolute atomic E-state index is 0.0671. The highest BCUT2D eigenvalue weighted by Gasteiger charge is 2.42. The molecule has 0 saturated heterocycles. The molecular weight excluding hydrogens is 1230 g/mol. The van der Waals surface area contributed by atoms with Crippen molar-refractivity contribution in [3.8, 4) is 89.5 Å². The van der Waals surface area contributed by atoms with Crippen LogP contribution in [-0.2, 0) is 49.9 Å². The van der Waals surface area contributed by atoms with Crippen molar-refractivity contribution < 1.29 is 18.3 Å². The van der Waals surface area contributed by atoms with Crippen LogP contribution in [0.3, 0.4) is 0 Å². The van der Waals surface area contributed by atoms with Gasteiger partial charge in [-0.05, 0) is 222 Å². The summed E-state index contributed by atoms with van der Waals surface area (Å²) in [6.07, 6.45) is 6.55. The molecule has 0 fully saturated rings. The molecule has 8 heteroatoms. The third-order valence-corrected chi connectivity index (χ3v) is 22.7. The SMILES string of the molecule is Cc1cc[n+](C)c(-c2cc3c(cc2C)-c2ccc(C)nc2C3(C)C)c1.Cc1ccc(-c2cc3c(cc2C)-c2ccc(C)nc2C3(C)C)[n+](C)c1.Cc1ccc2c(n1)C(C)(C)c1cc(-c3cc(C)c(C)c[n+]3C)c(C)cc1-2.Cc1ccc2c(n1)C(C)(C)c1cc(-c3cccc(C)[n+]3C)c(C)cc1-2. The Labute approximate surface area is 601 Å². The van der Waals surface area contributed by atoms with Gasteiger partial charge in [0.15, 0.2) is 24.3 Å². The first-order valence-corrected chi connectivity index (χ1v) is 36.0. The van der Waals surface area contributed by atoms with Crippen molar-refractivity contribution in [1.82, 2.24) is 19.9 Å². The van der Waals surface area contributed by atoms with Gasteiger partial charge in [0.1, 0.15) is 28.2 Å². The van der Waals surface area contributed by atoms with Crippen LogP contribution in [0, 0.1) is 90.0 Å². The minimum atomic E-state index is -0.0720. The van der Waals surface area contributed by atoms with Gasteiger partial charge >= 0.3 is 0 Å². The molecule has 0 spiro atoms. The fourth-order valence-electron chi connectivity index (χ4n) is 16.5. The fraction of sp³-hybridized carbons (Fsp3) is 0.312. The van der Waals surface area contributed by atoms with Crippen LogP contribution >= 0.6 is 0 Å². The quantitative estimate of drug-likeness (QED) is 0.165. The summed E-state index contributed by atoms with van der Waals surface area (Å²) in [5.74, 6) is 0. The number of hydrogen-bond donors (Lipinski definition) is 0. The summed E-state index contributed by atoms with van der Waals surface area (Å²) in [7, 11) is 8.52. The molecule has 0 bridgehead atoms. The zero-order chi connectivity index (χ0) is 72.6. The van der Waals surface area contributed by atoms with E-state index in [2.05, 4.69) is 356 Å². The van der Waals surface area contributed by atoms with Crippen molar-refractivity contribution in [3.05, 3.63) is 282 Å². The summed E-state index contributed by atoms with van der Waals surface area (Å²) in [5, 5.41) is 0. The first-order chi connectivity index (χ1) is 47.6. The van der Waals surface area contributed by atoms with E-state index in [4.69, 9.17) is 19.9 Å². The topological polar surface area (TPSA) is 67.1 Å². The van der Waals surface area contributed by atoms with Gasteiger partial charge in [-0.25, -0.2) is 13.7 Å². The number of rotatable bonds is 4. The predicted octanol–water partition coefficient (Wildman–Crippen LogP) is 19.5. The van der Waals surface area contributed by atoms with Gasteiger partial charge < -0.3 is 0 Å². The average molecular weight is 1330 g/mol. The third-order valence-electron chi connectivity index (χ3n) is 22.7. The van der Waals surface area contributed by atoms with E-state index in [-0.39, 0.29) is 21.7 Å². The van der Waals surface area contributed by atoms with Gasteiger partial charge in [0.05, 0.1) is 22.8 Å². The molecule has 510 valence electrons. The largest absolute Gasteiger partial charge is 0.257 e. The Morgan fingerprint density at radius 1 is 0.257 bits per heavy atom. The maximum absolute atomic E-state index is 4.89. The van der Waals surface area contributed by atoms with Crippen molar-refractivity contribution in [2.24, 2.45) is 28.2 Å². The highest BCUT2D eigenvalue weighted by Crippen LogP contribution is 2.54. The van der Waals surface area contributed by atoms with Crippen LogP contribution in [0.15, 0.2) is 164 Å². The molecule has 8 heterocycles. The van der Waals surface area contributed by atoms with Crippen LogP contribution in [0.1, 0.15) is 173 Å². The average Bonchev–Trinajstić information content (AvgIpc) is 1.60. The summed E-state index contributed by atoms with van der Waals surface area (Å²) in [4.78, 5) is 19.5. The smallest absolute Gasteiger partial charge is 0.212 e. The van der Waals surface area contributed by atoms with E-state index >= 15 is 0 Å². The van der Waals surface area contributed by atoms with Crippen molar-refractivity contribution in [2.45, 2.75) is 167 Å². The molecular formula is C93H102N8+4. The van der Waals surface area contributed by atoms with Crippen molar-refractivity contribution in [3.63, 3.8) is 0 Å². The van der Waals surface area contributed by atoms with Gasteiger partial charge in [-0.2, -0.15) is 4.57 Å². The van der Waals surface area contributed by atoms with E-state index in [1.165, 1.54) is 185 Å². The summed E-state index contributed by atoms with van der Waals surface area (Å²) in [5.41, 5.74) is 46.9. The van der Waals surface area contributed by atoms with Gasteiger partial charge in [-0.3, -0.25) is 19.9 Å². The van der Waals surface area contributed by atoms with Crippen LogP contribution in [0.25, 0.3) is 89.5 Å². The lowest BCUT2D eigenvalue weighted by atomic mass is 9.83. The molecule has 0 radical (unpaired) electrons. The Hall–Kier alpha value is -9.92. The van der Waals surface area contributed by atoms with Gasteiger partial charge in [-0.15, -0.1) is 0 Å². The number of hydrogen-bond acceptors (Lipinski definition) is 4. The van der Waals surface area contributed by atoms with Crippen molar-refractivity contribution >= 4 is 0 Å². The number of pyridine rings is 8. The molecule has 4 aliphatic rings. The Bertz CT molecular complexity index is 5320. The van der Waals surface area contributed by atoms with E-state index in [1.807, 2.05) is 0 Å². The van der Waals surface area contributed by atoms with E-state index in [9.17, 15) is 0 Å². The molecule has 0 aliphatic heterocycles. The number of fused-ring (bicyclic) bond motifs is 12. The van der Waals surface area contributed by atoms with Crippen LogP contribution in [0.5, 0.6) is 0 Å². The zero-order valence-electron chi connectivity index (χ0n) is 64.7. The maximum Gasteiger partial charge on any atom is 0.212 e. The monoisotopic (exact) mass is 1330 g/mol. The van der Waals surface area contributed by atoms with Crippen molar-refractivity contribution in [2.75, 3.05) is 0 Å². The zero-order valence-corrected chi connectivity index (χ0v) is 64.7. The van der Waals surface area contributed by atoms with E-state index < -0.39 is 0 Å². The number of aromatic nitrogens is 8. The lowest BCUT2D eigenvalue weighted by molar-refractivity contribution is -0.666. The highest BCUT2D eigenvalue weighted by atomic mass is 14.9. The standard InChI is InChI=1S/C24H27N2.3C23H25N2/c1-14-11-22(26(7)13-16(14)3)19-12-21-20(10-15(19)2)18-9-8-17(4)25-23(18)24(21,5)6;1-14-7-10-21(25(6)13-14)18-12-20-19(11-15(18)2)17-9-8-16(3)24-22(17)23(20,4)5;1-14-9-10-25(6)21(11-14)18-13-20-19(12-15(18)2)17-8-7-16(3)24-22(17)23(20,4)5;1-14-12-19-17-11-10-15(2)24-22(17)23(4,5)20(19)13-18(14)21-9-7-8-16(3)25(21)6/h8-13H,1-7H3;3*7-13H,1-6H3/q4*+1. The normalized spacial score (nSPS) is 14.3. The van der Waals surface area contributed by atoms with Crippen LogP contribution < -0.4 is 18.3 Å². The molecule has 0 N–H and O–H groups in total. The second-order valence-corrected chi connectivity index (χ2v) is 31.9. The Morgan fingerprint density at radius 2 is 0.604 bits per heavy atom. The molecule has 101 heavy (non-hydrogen) atoms. The molecule has 0 saturated carbocycles. The summed E-state index contributed by atoms with van der Waals surface area (Å²) in [6.45, 7) is 46.3. The van der Waals surface area contributed by atoms with Gasteiger partial charge in [0.2, 0.25) is 22.8 Å². The molecule has 16 rings (SSSR count). The van der Waals surface area contributed by atoms with Gasteiger partial charge in [0.25, 0.3) is 0 Å². The van der Waals surface area contributed by atoms with Gasteiger partial charge in [-0.1, -0.05) is 104 Å². The maximum atomic E-state index is 4.89. The van der Waals surface area contributed by atoms with Crippen LogP contribution in [0.4, 0.5) is 0 Å². The molecule has 8 aromatic heterocycles. The van der Waals surface area contributed by atoms with Crippen LogP contribution in [0.2, 0.25) is 0 Å². The Balaban J connectivity index is 0.000000120. The second kappa shape index (κ2) is 25.3. The second-order valence-electron chi connectivity index (χ2n) is 31.9. The van der Waals surface area contributed by atoms with E-state index in [1.54, 1.807) is 0 Å². The van der Waals surface area contributed by atoms with Gasteiger partial charge in [0, 0.05) is 143 Å². The molecule has 0 amide bonds. The summed E-state index contributed by atoms with van der Waals surface area (Å²) >= 11 is 0. The van der Waals surface area contributed by atoms with Crippen LogP contribution in [-0.4, -0.2) is 19.9 Å². The first-order valence-electron chi connectivity index (χ1n) is 36.0. The van der Waals surface area contributed by atoms with E-state index in [0.717, 1.165) is 22.8 Å². The summed E-state index contributed by atoms with van der Waals surface area (Å²) < 4.78 is 8.95. The molecule has 8 nitrogen and oxygen atoms in total. The lowest BCUT2D eigenvalue weighted by Gasteiger charge is -2.21. The first kappa shape index (κ1) is 69.6. The number of nitrogens with zero attached hydrogens (tertiary/aromatic N) is 8. The number of aryl methyl sites for hydroxylation is 16.